The normalized spacial score (nSPS) is 14.6. The van der Waals surface area contributed by atoms with Crippen molar-refractivity contribution in [2.45, 2.75) is 90.5 Å². The molecular formula is C30H42N2O5. The second-order valence-electron chi connectivity index (χ2n) is 10.4. The van der Waals surface area contributed by atoms with Gasteiger partial charge >= 0.3 is 5.97 Å². The number of carbonyl (C=O) groups is 3. The minimum Gasteiger partial charge on any atom is -0.464 e. The number of aryl methyl sites for hydroxylation is 2. The fraction of sp³-hybridized carbons (Fsp3) is 0.500. The molecule has 1 unspecified atom stereocenters. The summed E-state index contributed by atoms with van der Waals surface area (Å²) in [5.41, 5.74) is 0.110. The third-order valence-electron chi connectivity index (χ3n) is 6.13. The lowest BCUT2D eigenvalue weighted by Crippen LogP contribution is -2.64. The maximum atomic E-state index is 13.6. The quantitative estimate of drug-likeness (QED) is 0.390. The van der Waals surface area contributed by atoms with E-state index in [0.29, 0.717) is 19.3 Å². The van der Waals surface area contributed by atoms with Gasteiger partial charge in [-0.1, -0.05) is 60.7 Å². The Morgan fingerprint density at radius 2 is 1.41 bits per heavy atom. The van der Waals surface area contributed by atoms with Crippen LogP contribution in [0.3, 0.4) is 0 Å². The topological polar surface area (TPSA) is 93.7 Å². The van der Waals surface area contributed by atoms with Crippen LogP contribution in [0.5, 0.6) is 0 Å². The van der Waals surface area contributed by atoms with E-state index in [2.05, 4.69) is 10.6 Å². The van der Waals surface area contributed by atoms with Crippen molar-refractivity contribution in [3.63, 3.8) is 0 Å². The first-order chi connectivity index (χ1) is 17.4. The van der Waals surface area contributed by atoms with Gasteiger partial charge in [-0.05, 0) is 71.9 Å². The molecule has 0 aliphatic carbocycles. The highest BCUT2D eigenvalue weighted by Crippen LogP contribution is 2.22. The molecule has 0 heterocycles. The van der Waals surface area contributed by atoms with E-state index in [1.807, 2.05) is 81.4 Å². The number of amides is 2. The fourth-order valence-electron chi connectivity index (χ4n) is 3.98. The lowest BCUT2D eigenvalue weighted by Gasteiger charge is -2.38. The van der Waals surface area contributed by atoms with Crippen LogP contribution in [0.1, 0.15) is 65.5 Å². The summed E-state index contributed by atoms with van der Waals surface area (Å²) in [6, 6.07) is 18.7. The highest BCUT2D eigenvalue weighted by molar-refractivity contribution is 5.93. The summed E-state index contributed by atoms with van der Waals surface area (Å²) in [6.07, 6.45) is 1.09. The zero-order chi connectivity index (χ0) is 27.5. The Morgan fingerprint density at radius 3 is 1.92 bits per heavy atom. The van der Waals surface area contributed by atoms with Gasteiger partial charge in [-0.25, -0.2) is 4.79 Å². The molecule has 0 fully saturated rings. The highest BCUT2D eigenvalue weighted by atomic mass is 16.5. The average molecular weight is 511 g/mol. The van der Waals surface area contributed by atoms with Gasteiger partial charge in [0.1, 0.15) is 6.04 Å². The van der Waals surface area contributed by atoms with Crippen LogP contribution in [0, 0.1) is 0 Å². The van der Waals surface area contributed by atoms with Crippen LogP contribution in [-0.2, 0) is 36.7 Å². The molecule has 7 nitrogen and oxygen atoms in total. The van der Waals surface area contributed by atoms with Gasteiger partial charge in [0.05, 0.1) is 18.3 Å². The Bertz CT molecular complexity index is 1000. The molecule has 0 aromatic heterocycles. The van der Waals surface area contributed by atoms with Crippen LogP contribution in [0.15, 0.2) is 60.7 Å². The monoisotopic (exact) mass is 510 g/mol. The molecule has 0 spiro atoms. The van der Waals surface area contributed by atoms with Crippen LogP contribution in [0.4, 0.5) is 0 Å². The first-order valence-electron chi connectivity index (χ1n) is 13.0. The van der Waals surface area contributed by atoms with E-state index in [9.17, 15) is 14.4 Å². The zero-order valence-corrected chi connectivity index (χ0v) is 23.0. The van der Waals surface area contributed by atoms with Crippen LogP contribution < -0.4 is 10.6 Å². The molecule has 2 aromatic rings. The van der Waals surface area contributed by atoms with Gasteiger partial charge in [-0.3, -0.25) is 9.59 Å². The summed E-state index contributed by atoms with van der Waals surface area (Å²) in [7, 11) is 0. The highest BCUT2D eigenvalue weighted by Gasteiger charge is 2.45. The van der Waals surface area contributed by atoms with Gasteiger partial charge < -0.3 is 20.1 Å². The maximum absolute atomic E-state index is 13.6. The molecule has 37 heavy (non-hydrogen) atoms. The molecule has 2 aromatic carbocycles. The minimum atomic E-state index is -1.44. The van der Waals surface area contributed by atoms with Gasteiger partial charge in [0.2, 0.25) is 11.8 Å². The summed E-state index contributed by atoms with van der Waals surface area (Å²) >= 11 is 0. The Hall–Kier alpha value is -3.19. The largest absolute Gasteiger partial charge is 0.464 e. The Balaban J connectivity index is 2.20. The van der Waals surface area contributed by atoms with E-state index < -0.39 is 35.2 Å². The van der Waals surface area contributed by atoms with Crippen molar-refractivity contribution in [3.8, 4) is 0 Å². The van der Waals surface area contributed by atoms with Crippen LogP contribution in [0.2, 0.25) is 0 Å². The Kier molecular flexibility index (Phi) is 11.3. The average Bonchev–Trinajstić information content (AvgIpc) is 2.85. The van der Waals surface area contributed by atoms with Crippen molar-refractivity contribution in [1.29, 1.82) is 0 Å². The standard InChI is InChI=1S/C30H42N2O5/c1-7-36-28(35)30(6,22(2)37-29(3,4)5)32-27(34)25(20-18-23-14-10-8-11-15-23)31-26(33)21-19-24-16-12-9-13-17-24/h8-17,22,25H,7,18-21H2,1-6H3,(H,31,33)(H,32,34)/t22-,25?,30-/m1/s1. The first kappa shape index (κ1) is 30.0. The molecule has 0 saturated heterocycles. The van der Waals surface area contributed by atoms with E-state index >= 15 is 0 Å². The van der Waals surface area contributed by atoms with Gasteiger partial charge in [0, 0.05) is 6.42 Å². The lowest BCUT2D eigenvalue weighted by molar-refractivity contribution is -0.166. The number of nitrogens with one attached hydrogen (secondary N) is 2. The number of hydrogen-bond acceptors (Lipinski definition) is 5. The number of esters is 1. The van der Waals surface area contributed by atoms with Crippen LogP contribution >= 0.6 is 0 Å². The predicted molar refractivity (Wildman–Crippen MR) is 145 cm³/mol. The second-order valence-corrected chi connectivity index (χ2v) is 10.4. The first-order valence-corrected chi connectivity index (χ1v) is 13.0. The minimum absolute atomic E-state index is 0.167. The number of ether oxygens (including phenoxy) is 2. The van der Waals surface area contributed by atoms with Gasteiger partial charge in [0.15, 0.2) is 5.54 Å². The third-order valence-corrected chi connectivity index (χ3v) is 6.13. The van der Waals surface area contributed by atoms with E-state index in [-0.39, 0.29) is 18.9 Å². The van der Waals surface area contributed by atoms with Crippen molar-refractivity contribution in [3.05, 3.63) is 71.8 Å². The molecule has 2 N–H and O–H groups in total. The molecule has 3 atom stereocenters. The number of hydrogen-bond donors (Lipinski definition) is 2. The van der Waals surface area contributed by atoms with E-state index in [1.165, 1.54) is 0 Å². The SMILES string of the molecule is CCOC(=O)[C@](C)(NC(=O)C(CCc1ccccc1)NC(=O)CCc1ccccc1)[C@@H](C)OC(C)(C)C. The van der Waals surface area contributed by atoms with Crippen molar-refractivity contribution in [2.24, 2.45) is 0 Å². The van der Waals surface area contributed by atoms with Crippen molar-refractivity contribution in [2.75, 3.05) is 6.61 Å². The summed E-state index contributed by atoms with van der Waals surface area (Å²) < 4.78 is 11.3. The fourth-order valence-corrected chi connectivity index (χ4v) is 3.98. The second kappa shape index (κ2) is 13.9. The van der Waals surface area contributed by atoms with Crippen molar-refractivity contribution < 1.29 is 23.9 Å². The van der Waals surface area contributed by atoms with Crippen LogP contribution in [0.25, 0.3) is 0 Å². The predicted octanol–water partition coefficient (Wildman–Crippen LogP) is 4.38. The molecular weight excluding hydrogens is 468 g/mol. The van der Waals surface area contributed by atoms with Crippen molar-refractivity contribution >= 4 is 17.8 Å². The molecule has 0 saturated carbocycles. The molecule has 0 aliphatic heterocycles. The molecule has 2 amide bonds. The van der Waals surface area contributed by atoms with E-state index in [1.54, 1.807) is 20.8 Å². The third kappa shape index (κ3) is 10.00. The Morgan fingerprint density at radius 1 is 0.865 bits per heavy atom. The van der Waals surface area contributed by atoms with E-state index in [0.717, 1.165) is 11.1 Å². The van der Waals surface area contributed by atoms with Gasteiger partial charge in [0.25, 0.3) is 0 Å². The maximum Gasteiger partial charge on any atom is 0.334 e. The summed E-state index contributed by atoms with van der Waals surface area (Å²) in [5.74, 6) is -1.27. The molecule has 202 valence electrons. The zero-order valence-electron chi connectivity index (χ0n) is 23.0. The van der Waals surface area contributed by atoms with Crippen LogP contribution in [-0.4, -0.2) is 47.7 Å². The smallest absolute Gasteiger partial charge is 0.334 e. The molecule has 0 aliphatic rings. The van der Waals surface area contributed by atoms with E-state index in [4.69, 9.17) is 9.47 Å². The molecule has 2 rings (SSSR count). The number of benzene rings is 2. The van der Waals surface area contributed by atoms with Crippen molar-refractivity contribution in [1.82, 2.24) is 10.6 Å². The number of carbonyl (C=O) groups excluding carboxylic acids is 3. The lowest BCUT2D eigenvalue weighted by atomic mass is 9.93. The summed E-state index contributed by atoms with van der Waals surface area (Å²) in [5, 5.41) is 5.76. The Labute approximate surface area is 221 Å². The van der Waals surface area contributed by atoms with Gasteiger partial charge in [-0.2, -0.15) is 0 Å². The summed E-state index contributed by atoms with van der Waals surface area (Å²) in [4.78, 5) is 39.4. The summed E-state index contributed by atoms with van der Waals surface area (Å²) in [6.45, 7) is 10.9. The molecule has 0 bridgehead atoms. The molecule has 7 heteroatoms. The van der Waals surface area contributed by atoms with Gasteiger partial charge in [-0.15, -0.1) is 0 Å². The number of rotatable bonds is 13. The molecule has 0 radical (unpaired) electrons.